The number of hydrogen-bond acceptors (Lipinski definition) is 3. The second kappa shape index (κ2) is 5.41. The van der Waals surface area contributed by atoms with Crippen molar-refractivity contribution in [1.29, 1.82) is 0 Å². The minimum absolute atomic E-state index is 0.0648. The first-order valence-electron chi connectivity index (χ1n) is 4.66. The van der Waals surface area contributed by atoms with E-state index in [-0.39, 0.29) is 5.75 Å². The number of hydrogen-bond donors (Lipinski definition) is 1. The number of aromatic nitrogens is 1. The summed E-state index contributed by atoms with van der Waals surface area (Å²) in [5.41, 5.74) is 0.536. The van der Waals surface area contributed by atoms with Crippen molar-refractivity contribution in [2.75, 3.05) is 0 Å². The molecule has 80 valence electrons. The van der Waals surface area contributed by atoms with Crippen molar-refractivity contribution in [2.45, 2.75) is 13.8 Å². The van der Waals surface area contributed by atoms with Gasteiger partial charge in [-0.05, 0) is 18.2 Å². The molecule has 2 aromatic rings. The molecule has 1 aromatic carbocycles. The van der Waals surface area contributed by atoms with E-state index in [0.29, 0.717) is 16.5 Å². The number of oxazole rings is 1. The molecule has 1 heterocycles. The van der Waals surface area contributed by atoms with Gasteiger partial charge in [-0.3, -0.25) is 0 Å². The number of nitrogens with zero attached hydrogens (tertiary/aromatic N) is 1. The lowest BCUT2D eigenvalue weighted by atomic mass is 10.2. The molecule has 0 aliphatic heterocycles. The van der Waals surface area contributed by atoms with E-state index in [1.165, 1.54) is 18.5 Å². The van der Waals surface area contributed by atoms with Gasteiger partial charge < -0.3 is 9.52 Å². The lowest BCUT2D eigenvalue weighted by Crippen LogP contribution is -1.78. The van der Waals surface area contributed by atoms with E-state index in [4.69, 9.17) is 16.0 Å². The van der Waals surface area contributed by atoms with Gasteiger partial charge in [0.25, 0.3) is 0 Å². The van der Waals surface area contributed by atoms with Crippen molar-refractivity contribution >= 4 is 11.6 Å². The highest BCUT2D eigenvalue weighted by atomic mass is 35.5. The highest BCUT2D eigenvalue weighted by molar-refractivity contribution is 6.30. The third-order valence-corrected chi connectivity index (χ3v) is 1.86. The van der Waals surface area contributed by atoms with Crippen molar-refractivity contribution in [1.82, 2.24) is 4.98 Å². The molecule has 0 bridgehead atoms. The Bertz CT molecular complexity index is 413. The van der Waals surface area contributed by atoms with E-state index in [1.54, 1.807) is 12.1 Å². The number of rotatable bonds is 1. The second-order valence-electron chi connectivity index (χ2n) is 2.50. The molecule has 0 fully saturated rings. The first-order chi connectivity index (χ1) is 7.27. The number of aromatic hydroxyl groups is 1. The molecule has 0 saturated heterocycles. The van der Waals surface area contributed by atoms with Crippen LogP contribution in [-0.4, -0.2) is 10.1 Å². The van der Waals surface area contributed by atoms with Crippen LogP contribution in [0.1, 0.15) is 13.8 Å². The van der Waals surface area contributed by atoms with Crippen LogP contribution in [0.15, 0.2) is 35.1 Å². The Morgan fingerprint density at radius 1 is 1.33 bits per heavy atom. The lowest BCUT2D eigenvalue weighted by Gasteiger charge is -1.99. The average Bonchev–Trinajstić information content (AvgIpc) is 2.74. The Hall–Kier alpha value is -1.48. The zero-order valence-corrected chi connectivity index (χ0v) is 9.32. The number of phenolic OH excluding ortho intramolecular Hbond substituents is 1. The van der Waals surface area contributed by atoms with Crippen LogP contribution in [0, 0.1) is 0 Å². The van der Waals surface area contributed by atoms with Crippen molar-refractivity contribution in [3.8, 4) is 17.2 Å². The van der Waals surface area contributed by atoms with Gasteiger partial charge in [-0.1, -0.05) is 25.4 Å². The maximum Gasteiger partial charge on any atom is 0.229 e. The van der Waals surface area contributed by atoms with Crippen LogP contribution in [0.5, 0.6) is 5.75 Å². The zero-order valence-electron chi connectivity index (χ0n) is 8.57. The molecule has 0 radical (unpaired) electrons. The monoisotopic (exact) mass is 225 g/mol. The van der Waals surface area contributed by atoms with Gasteiger partial charge in [-0.25, -0.2) is 4.98 Å². The second-order valence-corrected chi connectivity index (χ2v) is 2.94. The van der Waals surface area contributed by atoms with E-state index in [9.17, 15) is 5.11 Å². The van der Waals surface area contributed by atoms with Crippen molar-refractivity contribution in [2.24, 2.45) is 0 Å². The summed E-state index contributed by atoms with van der Waals surface area (Å²) in [6.45, 7) is 4.00. The summed E-state index contributed by atoms with van der Waals surface area (Å²) in [5.74, 6) is 0.448. The minimum atomic E-state index is 0.0648. The summed E-state index contributed by atoms with van der Waals surface area (Å²) in [6.07, 6.45) is 2.97. The Kier molecular flexibility index (Phi) is 4.18. The Labute approximate surface area is 93.3 Å². The van der Waals surface area contributed by atoms with Crippen LogP contribution in [0.2, 0.25) is 5.02 Å². The van der Waals surface area contributed by atoms with Crippen LogP contribution >= 0.6 is 11.6 Å². The Morgan fingerprint density at radius 2 is 2.07 bits per heavy atom. The SMILES string of the molecule is CC.Oc1cc(Cl)ccc1-c1ncco1. The molecule has 4 heteroatoms. The summed E-state index contributed by atoms with van der Waals surface area (Å²) in [7, 11) is 0. The molecule has 0 amide bonds. The maximum absolute atomic E-state index is 9.48. The molecule has 0 aliphatic rings. The fourth-order valence-electron chi connectivity index (χ4n) is 1.04. The highest BCUT2D eigenvalue weighted by Gasteiger charge is 2.07. The molecule has 15 heavy (non-hydrogen) atoms. The molecule has 0 saturated carbocycles. The van der Waals surface area contributed by atoms with Gasteiger partial charge in [-0.2, -0.15) is 0 Å². The smallest absolute Gasteiger partial charge is 0.229 e. The number of benzene rings is 1. The van der Waals surface area contributed by atoms with Gasteiger partial charge in [0.1, 0.15) is 12.0 Å². The first-order valence-corrected chi connectivity index (χ1v) is 5.03. The normalized spacial score (nSPS) is 9.27. The minimum Gasteiger partial charge on any atom is -0.507 e. The molecule has 3 nitrogen and oxygen atoms in total. The van der Waals surface area contributed by atoms with Crippen LogP contribution < -0.4 is 0 Å². The van der Waals surface area contributed by atoms with Crippen LogP contribution in [0.25, 0.3) is 11.5 Å². The van der Waals surface area contributed by atoms with Gasteiger partial charge in [0.05, 0.1) is 11.8 Å². The first kappa shape index (κ1) is 11.6. The molecule has 0 aliphatic carbocycles. The highest BCUT2D eigenvalue weighted by Crippen LogP contribution is 2.29. The molecule has 1 N–H and O–H groups in total. The Morgan fingerprint density at radius 3 is 2.60 bits per heavy atom. The molecule has 0 spiro atoms. The quantitative estimate of drug-likeness (QED) is 0.805. The summed E-state index contributed by atoms with van der Waals surface area (Å²) < 4.78 is 5.03. The van der Waals surface area contributed by atoms with E-state index in [0.717, 1.165) is 0 Å². The van der Waals surface area contributed by atoms with Crippen molar-refractivity contribution < 1.29 is 9.52 Å². The molecule has 2 rings (SSSR count). The summed E-state index contributed by atoms with van der Waals surface area (Å²) in [6, 6.07) is 4.77. The van der Waals surface area contributed by atoms with Crippen molar-refractivity contribution in [3.63, 3.8) is 0 Å². The fourth-order valence-corrected chi connectivity index (χ4v) is 1.21. The van der Waals surface area contributed by atoms with Gasteiger partial charge in [0.15, 0.2) is 0 Å². The van der Waals surface area contributed by atoms with Crippen molar-refractivity contribution in [3.05, 3.63) is 35.7 Å². The summed E-state index contributed by atoms with van der Waals surface area (Å²) in [4.78, 5) is 3.91. The van der Waals surface area contributed by atoms with Gasteiger partial charge in [0, 0.05) is 5.02 Å². The maximum atomic E-state index is 9.48. The predicted molar refractivity (Wildman–Crippen MR) is 60.0 cm³/mol. The van der Waals surface area contributed by atoms with Crippen LogP contribution in [-0.2, 0) is 0 Å². The predicted octanol–water partition coefficient (Wildman–Crippen LogP) is 3.73. The molecular weight excluding hydrogens is 214 g/mol. The average molecular weight is 226 g/mol. The van der Waals surface area contributed by atoms with Gasteiger partial charge >= 0.3 is 0 Å². The molecule has 1 aromatic heterocycles. The topological polar surface area (TPSA) is 46.3 Å². The van der Waals surface area contributed by atoms with Gasteiger partial charge in [-0.15, -0.1) is 0 Å². The van der Waals surface area contributed by atoms with E-state index < -0.39 is 0 Å². The molecule has 0 unspecified atom stereocenters. The standard InChI is InChI=1S/C9H6ClNO2.C2H6/c10-6-1-2-7(8(12)5-6)9-11-3-4-13-9;1-2/h1-5,12H;1-2H3. The Balaban J connectivity index is 0.000000531. The van der Waals surface area contributed by atoms with E-state index >= 15 is 0 Å². The molecule has 0 atom stereocenters. The van der Waals surface area contributed by atoms with E-state index in [1.807, 2.05) is 13.8 Å². The summed E-state index contributed by atoms with van der Waals surface area (Å²) in [5, 5.41) is 9.96. The fraction of sp³-hybridized carbons (Fsp3) is 0.182. The van der Waals surface area contributed by atoms with Crippen LogP contribution in [0.4, 0.5) is 0 Å². The molecular formula is C11H12ClNO2. The van der Waals surface area contributed by atoms with Gasteiger partial charge in [0.2, 0.25) is 5.89 Å². The lowest BCUT2D eigenvalue weighted by molar-refractivity contribution is 0.473. The number of halogens is 1. The third kappa shape index (κ3) is 2.73. The zero-order chi connectivity index (χ0) is 11.3. The van der Waals surface area contributed by atoms with E-state index in [2.05, 4.69) is 4.98 Å². The third-order valence-electron chi connectivity index (χ3n) is 1.62. The number of phenols is 1. The largest absolute Gasteiger partial charge is 0.507 e. The van der Waals surface area contributed by atoms with Crippen LogP contribution in [0.3, 0.4) is 0 Å². The summed E-state index contributed by atoms with van der Waals surface area (Å²) >= 11 is 5.67.